The second-order valence-corrected chi connectivity index (χ2v) is 5.96. The molecule has 0 spiro atoms. The van der Waals surface area contributed by atoms with Crippen LogP contribution in [-0.4, -0.2) is 26.4 Å². The van der Waals surface area contributed by atoms with Crippen LogP contribution in [0.25, 0.3) is 0 Å². The summed E-state index contributed by atoms with van der Waals surface area (Å²) in [7, 11) is 1.66. The molecule has 19 heavy (non-hydrogen) atoms. The van der Waals surface area contributed by atoms with Crippen LogP contribution in [0.2, 0.25) is 0 Å². The van der Waals surface area contributed by atoms with Gasteiger partial charge in [-0.1, -0.05) is 15.9 Å². The fraction of sp³-hybridized carbons (Fsp3) is 0.571. The summed E-state index contributed by atoms with van der Waals surface area (Å²) in [4.78, 5) is 0. The zero-order chi connectivity index (χ0) is 13.7. The highest BCUT2D eigenvalue weighted by atomic mass is 79.9. The standard InChI is InChI=1S/C14H18Br2O3/c1-17-13-7-10(8-15)6-12(16)14(13)19-9-11-4-2-3-5-18-11/h6-7,11H,2-5,8-9H2,1H3. The lowest BCUT2D eigenvalue weighted by Crippen LogP contribution is -2.26. The molecule has 5 heteroatoms. The van der Waals surface area contributed by atoms with E-state index >= 15 is 0 Å². The predicted molar refractivity (Wildman–Crippen MR) is 82.4 cm³/mol. The van der Waals surface area contributed by atoms with Crippen LogP contribution in [-0.2, 0) is 10.1 Å². The summed E-state index contributed by atoms with van der Waals surface area (Å²) >= 11 is 6.98. The van der Waals surface area contributed by atoms with E-state index in [-0.39, 0.29) is 6.10 Å². The van der Waals surface area contributed by atoms with Gasteiger partial charge in [0.05, 0.1) is 17.7 Å². The molecule has 3 nitrogen and oxygen atoms in total. The molecule has 1 saturated heterocycles. The topological polar surface area (TPSA) is 27.7 Å². The third-order valence-electron chi connectivity index (χ3n) is 3.13. The molecule has 0 amide bonds. The Morgan fingerprint density at radius 2 is 2.21 bits per heavy atom. The summed E-state index contributed by atoms with van der Waals surface area (Å²) in [6.07, 6.45) is 3.64. The Morgan fingerprint density at radius 3 is 2.84 bits per heavy atom. The number of ether oxygens (including phenoxy) is 3. The van der Waals surface area contributed by atoms with Crippen LogP contribution in [0.1, 0.15) is 24.8 Å². The predicted octanol–water partition coefficient (Wildman–Crippen LogP) is 4.30. The van der Waals surface area contributed by atoms with E-state index in [1.54, 1.807) is 7.11 Å². The number of benzene rings is 1. The number of alkyl halides is 1. The quantitative estimate of drug-likeness (QED) is 0.698. The van der Waals surface area contributed by atoms with E-state index < -0.39 is 0 Å². The van der Waals surface area contributed by atoms with E-state index in [1.807, 2.05) is 12.1 Å². The Kier molecular flexibility index (Phi) is 5.98. The van der Waals surface area contributed by atoms with Crippen LogP contribution in [0.5, 0.6) is 11.5 Å². The van der Waals surface area contributed by atoms with Gasteiger partial charge in [-0.2, -0.15) is 0 Å². The van der Waals surface area contributed by atoms with E-state index in [1.165, 1.54) is 6.42 Å². The maximum Gasteiger partial charge on any atom is 0.175 e. The van der Waals surface area contributed by atoms with Gasteiger partial charge in [-0.15, -0.1) is 0 Å². The van der Waals surface area contributed by atoms with Crippen LogP contribution >= 0.6 is 31.9 Å². The van der Waals surface area contributed by atoms with Crippen LogP contribution in [0, 0.1) is 0 Å². The van der Waals surface area contributed by atoms with Crippen molar-refractivity contribution in [2.45, 2.75) is 30.7 Å². The highest BCUT2D eigenvalue weighted by Crippen LogP contribution is 2.37. The number of halogens is 2. The molecule has 1 fully saturated rings. The molecule has 1 aliphatic rings. The van der Waals surface area contributed by atoms with Gasteiger partial charge in [0.1, 0.15) is 6.61 Å². The Labute approximate surface area is 130 Å². The molecule has 0 aromatic heterocycles. The van der Waals surface area contributed by atoms with E-state index in [9.17, 15) is 0 Å². The maximum atomic E-state index is 5.89. The number of rotatable bonds is 5. The first-order valence-corrected chi connectivity index (χ1v) is 8.33. The number of hydrogen-bond donors (Lipinski definition) is 0. The lowest BCUT2D eigenvalue weighted by molar-refractivity contribution is -0.0116. The van der Waals surface area contributed by atoms with Crippen LogP contribution < -0.4 is 9.47 Å². The molecular formula is C14H18Br2O3. The molecular weight excluding hydrogens is 376 g/mol. The second kappa shape index (κ2) is 7.50. The normalized spacial score (nSPS) is 19.2. The zero-order valence-electron chi connectivity index (χ0n) is 11.0. The third-order valence-corrected chi connectivity index (χ3v) is 4.37. The van der Waals surface area contributed by atoms with Crippen molar-refractivity contribution in [3.63, 3.8) is 0 Å². The monoisotopic (exact) mass is 392 g/mol. The molecule has 0 radical (unpaired) electrons. The van der Waals surface area contributed by atoms with E-state index in [0.29, 0.717) is 6.61 Å². The van der Waals surface area contributed by atoms with Gasteiger partial charge in [0, 0.05) is 11.9 Å². The molecule has 1 aliphatic heterocycles. The van der Waals surface area contributed by atoms with Gasteiger partial charge >= 0.3 is 0 Å². The second-order valence-electron chi connectivity index (χ2n) is 4.54. The molecule has 1 atom stereocenters. The SMILES string of the molecule is COc1cc(CBr)cc(Br)c1OCC1CCCCO1. The van der Waals surface area contributed by atoms with Crippen molar-refractivity contribution in [3.8, 4) is 11.5 Å². The Hall–Kier alpha value is -0.260. The summed E-state index contributed by atoms with van der Waals surface area (Å²) < 4.78 is 17.9. The van der Waals surface area contributed by atoms with Gasteiger partial charge < -0.3 is 14.2 Å². The van der Waals surface area contributed by atoms with Crippen LogP contribution in [0.4, 0.5) is 0 Å². The van der Waals surface area contributed by atoms with Crippen molar-refractivity contribution >= 4 is 31.9 Å². The smallest absolute Gasteiger partial charge is 0.175 e. The van der Waals surface area contributed by atoms with Gasteiger partial charge in [-0.3, -0.25) is 0 Å². The van der Waals surface area contributed by atoms with E-state index in [0.717, 1.165) is 46.3 Å². The summed E-state index contributed by atoms with van der Waals surface area (Å²) in [6, 6.07) is 4.02. The van der Waals surface area contributed by atoms with Crippen LogP contribution in [0.3, 0.4) is 0 Å². The minimum atomic E-state index is 0.196. The fourth-order valence-corrected chi connectivity index (χ4v) is 3.03. The van der Waals surface area contributed by atoms with Crippen LogP contribution in [0.15, 0.2) is 16.6 Å². The Bertz CT molecular complexity index is 417. The lowest BCUT2D eigenvalue weighted by atomic mass is 10.1. The van der Waals surface area contributed by atoms with Crippen molar-refractivity contribution in [1.29, 1.82) is 0 Å². The first-order chi connectivity index (χ1) is 9.24. The van der Waals surface area contributed by atoms with E-state index in [2.05, 4.69) is 31.9 Å². The molecule has 1 unspecified atom stereocenters. The number of methoxy groups -OCH3 is 1. The minimum Gasteiger partial charge on any atom is -0.493 e. The van der Waals surface area contributed by atoms with Crippen molar-refractivity contribution in [2.24, 2.45) is 0 Å². The third kappa shape index (κ3) is 4.10. The first kappa shape index (κ1) is 15.1. The summed E-state index contributed by atoms with van der Waals surface area (Å²) in [5, 5.41) is 0.786. The molecule has 1 aromatic rings. The first-order valence-electron chi connectivity index (χ1n) is 6.41. The highest BCUT2D eigenvalue weighted by molar-refractivity contribution is 9.10. The molecule has 0 bridgehead atoms. The lowest BCUT2D eigenvalue weighted by Gasteiger charge is -2.23. The summed E-state index contributed by atoms with van der Waals surface area (Å²) in [6.45, 7) is 1.41. The molecule has 106 valence electrons. The van der Waals surface area contributed by atoms with Gasteiger partial charge in [0.25, 0.3) is 0 Å². The molecule has 2 rings (SSSR count). The van der Waals surface area contributed by atoms with Gasteiger partial charge in [-0.25, -0.2) is 0 Å². The van der Waals surface area contributed by atoms with Crippen molar-refractivity contribution in [1.82, 2.24) is 0 Å². The average molecular weight is 394 g/mol. The van der Waals surface area contributed by atoms with Crippen molar-refractivity contribution in [2.75, 3.05) is 20.3 Å². The number of hydrogen-bond acceptors (Lipinski definition) is 3. The minimum absolute atomic E-state index is 0.196. The van der Waals surface area contributed by atoms with Gasteiger partial charge in [0.2, 0.25) is 0 Å². The van der Waals surface area contributed by atoms with Gasteiger partial charge in [0.15, 0.2) is 11.5 Å². The Balaban J connectivity index is 2.05. The summed E-state index contributed by atoms with van der Waals surface area (Å²) in [5.74, 6) is 1.50. The molecule has 0 aliphatic carbocycles. The maximum absolute atomic E-state index is 5.89. The molecule has 1 heterocycles. The average Bonchev–Trinajstić information content (AvgIpc) is 2.46. The molecule has 0 N–H and O–H groups in total. The van der Waals surface area contributed by atoms with E-state index in [4.69, 9.17) is 14.2 Å². The summed E-state index contributed by atoms with van der Waals surface area (Å²) in [5.41, 5.74) is 1.14. The highest BCUT2D eigenvalue weighted by Gasteiger charge is 2.17. The van der Waals surface area contributed by atoms with Crippen molar-refractivity contribution < 1.29 is 14.2 Å². The molecule has 1 aromatic carbocycles. The van der Waals surface area contributed by atoms with Gasteiger partial charge in [-0.05, 0) is 52.9 Å². The zero-order valence-corrected chi connectivity index (χ0v) is 14.1. The largest absolute Gasteiger partial charge is 0.493 e. The van der Waals surface area contributed by atoms with Crippen molar-refractivity contribution in [3.05, 3.63) is 22.2 Å². The molecule has 0 saturated carbocycles. The fourth-order valence-electron chi connectivity index (χ4n) is 2.11. The Morgan fingerprint density at radius 1 is 1.37 bits per heavy atom.